The van der Waals surface area contributed by atoms with Gasteiger partial charge >= 0.3 is 0 Å². The Morgan fingerprint density at radius 1 is 1.24 bits per heavy atom. The van der Waals surface area contributed by atoms with Crippen LogP contribution in [0, 0.1) is 14.9 Å². The Hall–Kier alpha value is -0.430. The smallest absolute Gasteiger partial charge is 0.160 e. The highest BCUT2D eigenvalue weighted by Gasteiger charge is 2.30. The first-order valence-electron chi connectivity index (χ1n) is 7.53. The first-order valence-corrected chi connectivity index (χ1v) is 8.61. The SMILES string of the molecule is CCNc1nc(C(OC)C(C)(C)C)nc(CC(C)C)c1I. The van der Waals surface area contributed by atoms with Crippen molar-refractivity contribution in [1.82, 2.24) is 9.97 Å². The number of nitrogens with one attached hydrogen (secondary N) is 1. The molecule has 1 atom stereocenters. The molecule has 0 aliphatic rings. The molecule has 0 radical (unpaired) electrons. The zero-order valence-electron chi connectivity index (χ0n) is 14.2. The van der Waals surface area contributed by atoms with Crippen LogP contribution in [0.1, 0.15) is 59.2 Å². The van der Waals surface area contributed by atoms with Crippen molar-refractivity contribution in [2.75, 3.05) is 19.0 Å². The molecule has 4 nitrogen and oxygen atoms in total. The standard InChI is InChI=1S/C16H28IN3O/c1-8-18-14-12(17)11(9-10(2)3)19-15(20-14)13(21-7)16(4,5)6/h10,13H,8-9H2,1-7H3,(H,18,19,20). The second-order valence-electron chi connectivity index (χ2n) is 6.80. The van der Waals surface area contributed by atoms with E-state index in [1.165, 1.54) is 0 Å². The lowest BCUT2D eigenvalue weighted by atomic mass is 9.88. The molecule has 0 bridgehead atoms. The third kappa shape index (κ3) is 5.06. The minimum absolute atomic E-state index is 0.0415. The third-order valence-corrected chi connectivity index (χ3v) is 4.27. The molecule has 0 aliphatic carbocycles. The highest BCUT2D eigenvalue weighted by atomic mass is 127. The fraction of sp³-hybridized carbons (Fsp3) is 0.750. The molecule has 1 rings (SSSR count). The van der Waals surface area contributed by atoms with Crippen molar-refractivity contribution in [1.29, 1.82) is 0 Å². The molecule has 1 unspecified atom stereocenters. The number of ether oxygens (including phenoxy) is 1. The number of nitrogens with zero attached hydrogens (tertiary/aromatic N) is 2. The van der Waals surface area contributed by atoms with Gasteiger partial charge < -0.3 is 10.1 Å². The van der Waals surface area contributed by atoms with Gasteiger partial charge in [0.05, 0.1) is 9.26 Å². The van der Waals surface area contributed by atoms with Crippen LogP contribution >= 0.6 is 22.6 Å². The number of hydrogen-bond donors (Lipinski definition) is 1. The van der Waals surface area contributed by atoms with Gasteiger partial charge in [0.1, 0.15) is 11.9 Å². The average molecular weight is 405 g/mol. The molecule has 0 saturated heterocycles. The van der Waals surface area contributed by atoms with Gasteiger partial charge in [-0.1, -0.05) is 34.6 Å². The number of halogens is 1. The average Bonchev–Trinajstić information content (AvgIpc) is 2.33. The van der Waals surface area contributed by atoms with Crippen LogP contribution in [0.15, 0.2) is 0 Å². The Morgan fingerprint density at radius 3 is 2.29 bits per heavy atom. The summed E-state index contributed by atoms with van der Waals surface area (Å²) in [6.07, 6.45) is 0.838. The number of hydrogen-bond acceptors (Lipinski definition) is 4. The van der Waals surface area contributed by atoms with E-state index in [-0.39, 0.29) is 11.5 Å². The van der Waals surface area contributed by atoms with Crippen LogP contribution in [0.25, 0.3) is 0 Å². The lowest BCUT2D eigenvalue weighted by Crippen LogP contribution is -2.24. The molecule has 0 amide bonds. The third-order valence-electron chi connectivity index (χ3n) is 3.14. The van der Waals surface area contributed by atoms with Crippen LogP contribution in [-0.4, -0.2) is 23.6 Å². The first-order chi connectivity index (χ1) is 9.70. The van der Waals surface area contributed by atoms with Crippen molar-refractivity contribution in [2.24, 2.45) is 11.3 Å². The Kier molecular flexibility index (Phi) is 6.84. The molecule has 0 saturated carbocycles. The summed E-state index contributed by atoms with van der Waals surface area (Å²) in [6, 6.07) is 0. The summed E-state index contributed by atoms with van der Waals surface area (Å²) in [7, 11) is 1.73. The molecule has 1 N–H and O–H groups in total. The van der Waals surface area contributed by atoms with Crippen molar-refractivity contribution >= 4 is 28.4 Å². The van der Waals surface area contributed by atoms with Crippen LogP contribution in [0.5, 0.6) is 0 Å². The highest BCUT2D eigenvalue weighted by Crippen LogP contribution is 2.35. The van der Waals surface area contributed by atoms with Crippen LogP contribution in [-0.2, 0) is 11.2 Å². The summed E-state index contributed by atoms with van der Waals surface area (Å²) < 4.78 is 6.80. The zero-order valence-corrected chi connectivity index (χ0v) is 16.4. The van der Waals surface area contributed by atoms with E-state index in [0.29, 0.717) is 5.92 Å². The molecule has 1 aromatic rings. The van der Waals surface area contributed by atoms with E-state index in [9.17, 15) is 0 Å². The zero-order chi connectivity index (χ0) is 16.2. The predicted octanol–water partition coefficient (Wildman–Crippen LogP) is 4.45. The number of anilines is 1. The van der Waals surface area contributed by atoms with Gasteiger partial charge in [-0.05, 0) is 47.3 Å². The van der Waals surface area contributed by atoms with Gasteiger partial charge in [-0.15, -0.1) is 0 Å². The molecule has 0 aromatic carbocycles. The maximum Gasteiger partial charge on any atom is 0.160 e. The van der Waals surface area contributed by atoms with Crippen LogP contribution in [0.4, 0.5) is 5.82 Å². The fourth-order valence-electron chi connectivity index (χ4n) is 2.28. The largest absolute Gasteiger partial charge is 0.373 e. The number of aromatic nitrogens is 2. The van der Waals surface area contributed by atoms with E-state index in [2.05, 4.69) is 69.5 Å². The molecular formula is C16H28IN3O. The molecule has 0 spiro atoms. The fourth-order valence-corrected chi connectivity index (χ4v) is 2.93. The molecular weight excluding hydrogens is 377 g/mol. The van der Waals surface area contributed by atoms with Crippen molar-refractivity contribution in [3.8, 4) is 0 Å². The summed E-state index contributed by atoms with van der Waals surface area (Å²) >= 11 is 2.34. The normalized spacial score (nSPS) is 13.6. The molecule has 1 heterocycles. The van der Waals surface area contributed by atoms with Gasteiger partial charge in [0.25, 0.3) is 0 Å². The molecule has 5 heteroatoms. The predicted molar refractivity (Wildman–Crippen MR) is 96.7 cm³/mol. The van der Waals surface area contributed by atoms with Gasteiger partial charge in [-0.2, -0.15) is 0 Å². The number of methoxy groups -OCH3 is 1. The van der Waals surface area contributed by atoms with Crippen molar-refractivity contribution < 1.29 is 4.74 Å². The first kappa shape index (κ1) is 18.6. The summed E-state index contributed by atoms with van der Waals surface area (Å²) in [5.74, 6) is 2.26. The minimum Gasteiger partial charge on any atom is -0.373 e. The maximum absolute atomic E-state index is 5.68. The Morgan fingerprint density at radius 2 is 1.86 bits per heavy atom. The van der Waals surface area contributed by atoms with E-state index in [0.717, 1.165) is 33.9 Å². The van der Waals surface area contributed by atoms with Crippen LogP contribution < -0.4 is 5.32 Å². The van der Waals surface area contributed by atoms with Crippen molar-refractivity contribution in [2.45, 2.75) is 54.1 Å². The van der Waals surface area contributed by atoms with E-state index in [4.69, 9.17) is 14.7 Å². The van der Waals surface area contributed by atoms with E-state index in [1.807, 2.05) is 0 Å². The highest BCUT2D eigenvalue weighted by molar-refractivity contribution is 14.1. The van der Waals surface area contributed by atoms with Crippen molar-refractivity contribution in [3.63, 3.8) is 0 Å². The van der Waals surface area contributed by atoms with Gasteiger partial charge in [0, 0.05) is 13.7 Å². The lowest BCUT2D eigenvalue weighted by Gasteiger charge is -2.29. The quantitative estimate of drug-likeness (QED) is 0.711. The Labute approximate surface area is 142 Å². The maximum atomic E-state index is 5.68. The van der Waals surface area contributed by atoms with Crippen molar-refractivity contribution in [3.05, 3.63) is 15.1 Å². The Bertz CT molecular complexity index is 469. The molecule has 0 fully saturated rings. The lowest BCUT2D eigenvalue weighted by molar-refractivity contribution is 0.00856. The van der Waals surface area contributed by atoms with E-state index < -0.39 is 0 Å². The monoisotopic (exact) mass is 405 g/mol. The number of rotatable bonds is 6. The van der Waals surface area contributed by atoms with Gasteiger partial charge in [-0.25, -0.2) is 9.97 Å². The molecule has 21 heavy (non-hydrogen) atoms. The van der Waals surface area contributed by atoms with E-state index in [1.54, 1.807) is 7.11 Å². The van der Waals surface area contributed by atoms with E-state index >= 15 is 0 Å². The minimum atomic E-state index is -0.113. The second kappa shape index (κ2) is 7.72. The van der Waals surface area contributed by atoms with Crippen LogP contribution in [0.3, 0.4) is 0 Å². The van der Waals surface area contributed by atoms with Crippen LogP contribution in [0.2, 0.25) is 0 Å². The summed E-state index contributed by atoms with van der Waals surface area (Å²) in [4.78, 5) is 9.52. The topological polar surface area (TPSA) is 47.0 Å². The molecule has 120 valence electrons. The molecule has 0 aliphatic heterocycles. The summed E-state index contributed by atoms with van der Waals surface area (Å²) in [5.41, 5.74) is 1.07. The van der Waals surface area contributed by atoms with Gasteiger partial charge in [0.15, 0.2) is 5.82 Å². The molecule has 1 aromatic heterocycles. The van der Waals surface area contributed by atoms with Gasteiger partial charge in [0.2, 0.25) is 0 Å². The second-order valence-corrected chi connectivity index (χ2v) is 7.88. The Balaban J connectivity index is 3.34. The summed E-state index contributed by atoms with van der Waals surface area (Å²) in [6.45, 7) is 13.8. The summed E-state index contributed by atoms with van der Waals surface area (Å²) in [5, 5.41) is 3.35. The van der Waals surface area contributed by atoms with Gasteiger partial charge in [-0.3, -0.25) is 0 Å².